The first kappa shape index (κ1) is 14.3. The number of methoxy groups -OCH3 is 1. The molecule has 6 nitrogen and oxygen atoms in total. The van der Waals surface area contributed by atoms with E-state index in [0.717, 1.165) is 0 Å². The van der Waals surface area contributed by atoms with Gasteiger partial charge in [0.25, 0.3) is 10.0 Å². The molecule has 0 spiro atoms. The Morgan fingerprint density at radius 1 is 1.35 bits per heavy atom. The Morgan fingerprint density at radius 3 is 2.60 bits per heavy atom. The van der Waals surface area contributed by atoms with Gasteiger partial charge < -0.3 is 4.74 Å². The molecule has 0 saturated heterocycles. The largest absolute Gasteiger partial charge is 0.494 e. The smallest absolute Gasteiger partial charge is 0.262 e. The minimum atomic E-state index is -3.89. The average Bonchev–Trinajstić information content (AvgIpc) is 2.77. The molecule has 0 radical (unpaired) electrons. The number of aromatic nitrogens is 2. The van der Waals surface area contributed by atoms with Gasteiger partial charge in [0.2, 0.25) is 0 Å². The molecule has 0 aliphatic carbocycles. The number of ether oxygens (including phenoxy) is 1. The molecule has 0 amide bonds. The fraction of sp³-hybridized carbons (Fsp3) is 0.250. The fourth-order valence-corrected chi connectivity index (χ4v) is 3.09. The SMILES string of the molecule is COc1ccc(S(=O)(=O)Nc2cn[nH]c2C)c(C)c1F. The van der Waals surface area contributed by atoms with Gasteiger partial charge in [-0.1, -0.05) is 0 Å². The molecule has 8 heteroatoms. The minimum Gasteiger partial charge on any atom is -0.494 e. The molecule has 1 aromatic heterocycles. The Bertz CT molecular complexity index is 740. The molecule has 0 saturated carbocycles. The van der Waals surface area contributed by atoms with Crippen LogP contribution in [0.2, 0.25) is 0 Å². The molecule has 0 unspecified atom stereocenters. The Morgan fingerprint density at radius 2 is 2.05 bits per heavy atom. The van der Waals surface area contributed by atoms with Crippen molar-refractivity contribution < 1.29 is 17.5 Å². The summed E-state index contributed by atoms with van der Waals surface area (Å²) in [7, 11) is -2.57. The van der Waals surface area contributed by atoms with E-state index in [1.165, 1.54) is 32.4 Å². The number of aromatic amines is 1. The van der Waals surface area contributed by atoms with Gasteiger partial charge in [-0.05, 0) is 26.0 Å². The van der Waals surface area contributed by atoms with Crippen molar-refractivity contribution in [1.82, 2.24) is 10.2 Å². The van der Waals surface area contributed by atoms with Crippen molar-refractivity contribution in [3.8, 4) is 5.75 Å². The maximum absolute atomic E-state index is 13.9. The number of sulfonamides is 1. The summed E-state index contributed by atoms with van der Waals surface area (Å²) in [5, 5.41) is 6.34. The highest BCUT2D eigenvalue weighted by atomic mass is 32.2. The van der Waals surface area contributed by atoms with Crippen LogP contribution in [0.4, 0.5) is 10.1 Å². The van der Waals surface area contributed by atoms with Gasteiger partial charge in [0.15, 0.2) is 11.6 Å². The number of benzene rings is 1. The maximum atomic E-state index is 13.9. The number of aryl methyl sites for hydroxylation is 1. The summed E-state index contributed by atoms with van der Waals surface area (Å²) in [5.74, 6) is -0.694. The zero-order chi connectivity index (χ0) is 14.9. The van der Waals surface area contributed by atoms with Crippen LogP contribution in [0.3, 0.4) is 0 Å². The summed E-state index contributed by atoms with van der Waals surface area (Å²) in [4.78, 5) is -0.142. The number of halogens is 1. The number of hydrogen-bond acceptors (Lipinski definition) is 4. The molecule has 108 valence electrons. The molecule has 0 aliphatic rings. The molecule has 2 rings (SSSR count). The first-order valence-electron chi connectivity index (χ1n) is 5.72. The van der Waals surface area contributed by atoms with Crippen molar-refractivity contribution in [2.75, 3.05) is 11.8 Å². The van der Waals surface area contributed by atoms with Crippen LogP contribution in [0, 0.1) is 19.7 Å². The van der Waals surface area contributed by atoms with Crippen molar-refractivity contribution in [1.29, 1.82) is 0 Å². The zero-order valence-electron chi connectivity index (χ0n) is 11.2. The molecular weight excluding hydrogens is 285 g/mol. The topological polar surface area (TPSA) is 84.1 Å². The van der Waals surface area contributed by atoms with Gasteiger partial charge in [-0.25, -0.2) is 12.8 Å². The molecule has 20 heavy (non-hydrogen) atoms. The van der Waals surface area contributed by atoms with Crippen molar-refractivity contribution in [3.63, 3.8) is 0 Å². The van der Waals surface area contributed by atoms with Crippen LogP contribution in [-0.4, -0.2) is 25.7 Å². The molecule has 1 heterocycles. The van der Waals surface area contributed by atoms with Crippen LogP contribution in [-0.2, 0) is 10.0 Å². The third-order valence-corrected chi connectivity index (χ3v) is 4.39. The summed E-state index contributed by atoms with van der Waals surface area (Å²) >= 11 is 0. The lowest BCUT2D eigenvalue weighted by Gasteiger charge is -2.12. The number of H-pyrrole nitrogens is 1. The summed E-state index contributed by atoms with van der Waals surface area (Å²) in [5.41, 5.74) is 0.888. The quantitative estimate of drug-likeness (QED) is 0.904. The molecular formula is C12H14FN3O3S. The van der Waals surface area contributed by atoms with Crippen molar-refractivity contribution >= 4 is 15.7 Å². The summed E-state index contributed by atoms with van der Waals surface area (Å²) in [6.45, 7) is 3.06. The van der Waals surface area contributed by atoms with E-state index in [2.05, 4.69) is 14.9 Å². The normalized spacial score (nSPS) is 11.4. The van der Waals surface area contributed by atoms with Gasteiger partial charge >= 0.3 is 0 Å². The van der Waals surface area contributed by atoms with E-state index in [1.54, 1.807) is 6.92 Å². The second-order valence-electron chi connectivity index (χ2n) is 4.22. The standard InChI is InChI=1S/C12H14FN3O3S/c1-7-11(5-4-10(19-3)12(7)13)20(17,18)16-9-6-14-15-8(9)2/h4-6,16H,1-3H3,(H,14,15). The highest BCUT2D eigenvalue weighted by Crippen LogP contribution is 2.27. The van der Waals surface area contributed by atoms with Gasteiger partial charge in [-0.2, -0.15) is 5.10 Å². The van der Waals surface area contributed by atoms with Gasteiger partial charge in [-0.3, -0.25) is 9.82 Å². The Labute approximate surface area is 116 Å². The predicted octanol–water partition coefficient (Wildman–Crippen LogP) is 1.98. The van der Waals surface area contributed by atoms with E-state index in [-0.39, 0.29) is 16.2 Å². The molecule has 1 aromatic carbocycles. The number of nitrogens with zero attached hydrogens (tertiary/aromatic N) is 1. The second kappa shape index (κ2) is 5.12. The van der Waals surface area contributed by atoms with E-state index in [4.69, 9.17) is 4.74 Å². The fourth-order valence-electron chi connectivity index (χ4n) is 1.74. The Balaban J connectivity index is 2.45. The first-order valence-corrected chi connectivity index (χ1v) is 7.21. The second-order valence-corrected chi connectivity index (χ2v) is 5.87. The third kappa shape index (κ3) is 2.46. The summed E-state index contributed by atoms with van der Waals surface area (Å²) in [6.07, 6.45) is 1.35. The monoisotopic (exact) mass is 299 g/mol. The molecule has 0 aliphatic heterocycles. The van der Waals surface area contributed by atoms with Crippen LogP contribution >= 0.6 is 0 Å². The predicted molar refractivity (Wildman–Crippen MR) is 71.8 cm³/mol. The van der Waals surface area contributed by atoms with Crippen LogP contribution in [0.1, 0.15) is 11.3 Å². The van der Waals surface area contributed by atoms with Crippen molar-refractivity contribution in [3.05, 3.63) is 35.4 Å². The van der Waals surface area contributed by atoms with E-state index in [9.17, 15) is 12.8 Å². The highest BCUT2D eigenvalue weighted by Gasteiger charge is 2.22. The van der Waals surface area contributed by atoms with E-state index < -0.39 is 15.8 Å². The average molecular weight is 299 g/mol. The number of nitrogens with one attached hydrogen (secondary N) is 2. The van der Waals surface area contributed by atoms with E-state index in [0.29, 0.717) is 11.4 Å². The Kier molecular flexibility index (Phi) is 3.67. The van der Waals surface area contributed by atoms with Crippen LogP contribution in [0.15, 0.2) is 23.2 Å². The van der Waals surface area contributed by atoms with Crippen molar-refractivity contribution in [2.24, 2.45) is 0 Å². The van der Waals surface area contributed by atoms with Gasteiger partial charge in [-0.15, -0.1) is 0 Å². The minimum absolute atomic E-state index is 0.000872. The first-order chi connectivity index (χ1) is 9.36. The van der Waals surface area contributed by atoms with Crippen LogP contribution in [0.5, 0.6) is 5.75 Å². The molecule has 0 fully saturated rings. The lowest BCUT2D eigenvalue weighted by atomic mass is 10.2. The lowest BCUT2D eigenvalue weighted by molar-refractivity contribution is 0.384. The molecule has 0 bridgehead atoms. The molecule has 0 atom stereocenters. The van der Waals surface area contributed by atoms with E-state index >= 15 is 0 Å². The number of anilines is 1. The van der Waals surface area contributed by atoms with E-state index in [1.807, 2.05) is 0 Å². The third-order valence-electron chi connectivity index (χ3n) is 2.88. The van der Waals surface area contributed by atoms with Gasteiger partial charge in [0, 0.05) is 5.56 Å². The van der Waals surface area contributed by atoms with Crippen LogP contribution in [0.25, 0.3) is 0 Å². The Hall–Kier alpha value is -2.09. The summed E-state index contributed by atoms with van der Waals surface area (Å²) in [6, 6.07) is 2.58. The van der Waals surface area contributed by atoms with Gasteiger partial charge in [0.05, 0.1) is 29.6 Å². The molecule has 2 aromatic rings. The zero-order valence-corrected chi connectivity index (χ0v) is 12.0. The number of hydrogen-bond donors (Lipinski definition) is 2. The van der Waals surface area contributed by atoms with Crippen molar-refractivity contribution in [2.45, 2.75) is 18.7 Å². The lowest BCUT2D eigenvalue weighted by Crippen LogP contribution is -2.15. The molecule has 2 N–H and O–H groups in total. The summed E-state index contributed by atoms with van der Waals surface area (Å²) < 4.78 is 45.6. The number of rotatable bonds is 4. The highest BCUT2D eigenvalue weighted by molar-refractivity contribution is 7.92. The maximum Gasteiger partial charge on any atom is 0.262 e. The van der Waals surface area contributed by atoms with Gasteiger partial charge in [0.1, 0.15) is 0 Å². The van der Waals surface area contributed by atoms with Crippen LogP contribution < -0.4 is 9.46 Å².